The molecule has 0 saturated carbocycles. The minimum Gasteiger partial charge on any atom is -0.481 e. The molecule has 3 rings (SSSR count). The molecule has 0 unspecified atom stereocenters. The van der Waals surface area contributed by atoms with E-state index in [-0.39, 0.29) is 32.0 Å². The Hall–Kier alpha value is -3.61. The average Bonchev–Trinajstić information content (AvgIpc) is 3.21. The quantitative estimate of drug-likeness (QED) is 0.180. The Balaban J connectivity index is 1.69. The normalized spacial score (nSPS) is 11.7. The summed E-state index contributed by atoms with van der Waals surface area (Å²) in [5.74, 6) is -1.17. The van der Waals surface area contributed by atoms with Crippen molar-refractivity contribution in [1.82, 2.24) is 14.5 Å². The Kier molecular flexibility index (Phi) is 10.7. The highest BCUT2D eigenvalue weighted by Gasteiger charge is 2.24. The number of fused-ring (bicyclic) bond motifs is 3. The molecule has 1 aromatic carbocycles. The summed E-state index contributed by atoms with van der Waals surface area (Å²) < 4.78 is 17.8. The topological polar surface area (TPSA) is 162 Å². The molecule has 0 aliphatic heterocycles. The number of para-hydroxylation sites is 1. The molecule has 2 heterocycles. The van der Waals surface area contributed by atoms with Crippen LogP contribution in [0.25, 0.3) is 21.9 Å². The molecule has 0 aliphatic carbocycles. The number of imidazole rings is 1. The van der Waals surface area contributed by atoms with Crippen molar-refractivity contribution in [2.45, 2.75) is 65.2 Å². The van der Waals surface area contributed by atoms with Gasteiger partial charge in [0.2, 0.25) is 0 Å². The van der Waals surface area contributed by atoms with Crippen molar-refractivity contribution in [1.29, 1.82) is 0 Å². The summed E-state index contributed by atoms with van der Waals surface area (Å²) in [5, 5.41) is 22.8. The highest BCUT2D eigenvalue weighted by atomic mass is 16.6. The number of benzene rings is 1. The summed E-state index contributed by atoms with van der Waals surface area (Å²) in [7, 11) is 0. The van der Waals surface area contributed by atoms with Crippen molar-refractivity contribution in [3.05, 3.63) is 30.1 Å². The Morgan fingerprint density at radius 3 is 2.54 bits per heavy atom. The molecule has 0 radical (unpaired) electrons. The first-order chi connectivity index (χ1) is 18.6. The fraction of sp³-hybridized carbons (Fsp3) is 0.519. The van der Waals surface area contributed by atoms with Crippen LogP contribution in [0.1, 0.15) is 52.3 Å². The number of hydrogen-bond donors (Lipinski definition) is 3. The van der Waals surface area contributed by atoms with Crippen LogP contribution in [0.3, 0.4) is 0 Å². The van der Waals surface area contributed by atoms with Gasteiger partial charge in [-0.15, -0.1) is 0 Å². The second-order valence-electron chi connectivity index (χ2n) is 9.70. The Bertz CT molecular complexity index is 1300. The standard InChI is InChI=1S/C27H36N4O8/c1-4-37-14-20-29-24-25(31(20)17-27(2,3)36)18-10-7-8-11-19(18)28-26(24)30-21(32)15-38-16-23(35)39-13-9-5-6-12-22(33)34/h7-8,10-11,36H,4-6,9,12-17H2,1-3H3,(H,33,34)(H,28,30,32). The van der Waals surface area contributed by atoms with Gasteiger partial charge in [-0.1, -0.05) is 18.2 Å². The number of nitrogens with zero attached hydrogens (tertiary/aromatic N) is 3. The van der Waals surface area contributed by atoms with Gasteiger partial charge in [0, 0.05) is 18.4 Å². The first kappa shape index (κ1) is 29.9. The third-order valence-electron chi connectivity index (χ3n) is 5.65. The Morgan fingerprint density at radius 2 is 1.82 bits per heavy atom. The molecule has 212 valence electrons. The molecular formula is C27H36N4O8. The van der Waals surface area contributed by atoms with Gasteiger partial charge < -0.3 is 34.3 Å². The van der Waals surface area contributed by atoms with E-state index in [4.69, 9.17) is 24.3 Å². The zero-order valence-electron chi connectivity index (χ0n) is 22.6. The van der Waals surface area contributed by atoms with Crippen LogP contribution in [0.5, 0.6) is 0 Å². The van der Waals surface area contributed by atoms with Crippen LogP contribution in [0, 0.1) is 0 Å². The molecule has 12 nitrogen and oxygen atoms in total. The van der Waals surface area contributed by atoms with Crippen molar-refractivity contribution in [2.24, 2.45) is 0 Å². The second kappa shape index (κ2) is 14.0. The minimum absolute atomic E-state index is 0.0814. The third kappa shape index (κ3) is 8.98. The number of carbonyl (C=O) groups is 3. The number of aromatic nitrogens is 3. The summed E-state index contributed by atoms with van der Waals surface area (Å²) in [6, 6.07) is 7.45. The van der Waals surface area contributed by atoms with Crippen LogP contribution in [0.15, 0.2) is 24.3 Å². The van der Waals surface area contributed by atoms with E-state index in [1.807, 2.05) is 35.8 Å². The molecule has 12 heteroatoms. The highest BCUT2D eigenvalue weighted by molar-refractivity contribution is 6.09. The van der Waals surface area contributed by atoms with Gasteiger partial charge >= 0.3 is 11.9 Å². The van der Waals surface area contributed by atoms with Crippen LogP contribution in [-0.4, -0.2) is 74.6 Å². The van der Waals surface area contributed by atoms with E-state index < -0.39 is 36.7 Å². The van der Waals surface area contributed by atoms with Crippen LogP contribution in [-0.2, 0) is 41.7 Å². The minimum atomic E-state index is -1.04. The number of aliphatic hydroxyl groups is 1. The fourth-order valence-corrected chi connectivity index (χ4v) is 4.01. The van der Waals surface area contributed by atoms with Crippen molar-refractivity contribution in [3.63, 3.8) is 0 Å². The monoisotopic (exact) mass is 544 g/mol. The summed E-state index contributed by atoms with van der Waals surface area (Å²) in [4.78, 5) is 44.3. The molecule has 3 aromatic rings. The van der Waals surface area contributed by atoms with Crippen LogP contribution in [0.2, 0.25) is 0 Å². The van der Waals surface area contributed by atoms with Crippen LogP contribution in [0.4, 0.5) is 5.82 Å². The lowest BCUT2D eigenvalue weighted by Gasteiger charge is -2.20. The van der Waals surface area contributed by atoms with E-state index in [1.54, 1.807) is 13.8 Å². The number of carboxylic acid groups (broad SMARTS) is 1. The molecule has 0 spiro atoms. The molecule has 39 heavy (non-hydrogen) atoms. The number of amides is 1. The number of pyridine rings is 1. The third-order valence-corrected chi connectivity index (χ3v) is 5.65. The number of esters is 1. The van der Waals surface area contributed by atoms with E-state index in [1.165, 1.54) is 0 Å². The van der Waals surface area contributed by atoms with E-state index in [0.29, 0.717) is 48.2 Å². The molecule has 0 saturated heterocycles. The van der Waals surface area contributed by atoms with Crippen molar-refractivity contribution in [3.8, 4) is 0 Å². The number of rotatable bonds is 16. The molecule has 0 atom stereocenters. The van der Waals surface area contributed by atoms with Crippen LogP contribution >= 0.6 is 0 Å². The first-order valence-electron chi connectivity index (χ1n) is 12.9. The molecule has 3 N–H and O–H groups in total. The van der Waals surface area contributed by atoms with Gasteiger partial charge in [0.1, 0.15) is 31.2 Å². The van der Waals surface area contributed by atoms with E-state index >= 15 is 0 Å². The van der Waals surface area contributed by atoms with E-state index in [0.717, 1.165) is 5.39 Å². The number of carboxylic acids is 1. The van der Waals surface area contributed by atoms with Gasteiger partial charge in [-0.05, 0) is 46.1 Å². The zero-order valence-corrected chi connectivity index (χ0v) is 22.6. The second-order valence-corrected chi connectivity index (χ2v) is 9.70. The predicted octanol–water partition coefficient (Wildman–Crippen LogP) is 3.04. The van der Waals surface area contributed by atoms with Gasteiger partial charge in [-0.3, -0.25) is 9.59 Å². The Morgan fingerprint density at radius 1 is 1.05 bits per heavy atom. The van der Waals surface area contributed by atoms with Crippen molar-refractivity contribution < 1.29 is 38.8 Å². The maximum absolute atomic E-state index is 12.7. The number of hydrogen-bond acceptors (Lipinski definition) is 9. The molecule has 2 aromatic heterocycles. The number of carbonyl (C=O) groups excluding carboxylic acids is 2. The molecular weight excluding hydrogens is 508 g/mol. The summed E-state index contributed by atoms with van der Waals surface area (Å²) in [6.07, 6.45) is 1.78. The smallest absolute Gasteiger partial charge is 0.332 e. The summed E-state index contributed by atoms with van der Waals surface area (Å²) in [6.45, 7) is 5.59. The lowest BCUT2D eigenvalue weighted by Crippen LogP contribution is -2.27. The van der Waals surface area contributed by atoms with Gasteiger partial charge in [0.25, 0.3) is 5.91 Å². The number of anilines is 1. The van der Waals surface area contributed by atoms with Gasteiger partial charge in [-0.25, -0.2) is 14.8 Å². The van der Waals surface area contributed by atoms with Gasteiger partial charge in [-0.2, -0.15) is 0 Å². The largest absolute Gasteiger partial charge is 0.481 e. The zero-order chi connectivity index (χ0) is 28.4. The average molecular weight is 545 g/mol. The maximum Gasteiger partial charge on any atom is 0.332 e. The van der Waals surface area contributed by atoms with Crippen molar-refractivity contribution >= 4 is 45.6 Å². The Labute approximate surface area is 226 Å². The molecule has 0 fully saturated rings. The molecule has 0 aliphatic rings. The summed E-state index contributed by atoms with van der Waals surface area (Å²) in [5.41, 5.74) is 0.750. The maximum atomic E-state index is 12.7. The SMILES string of the molecule is CCOCc1nc2c(NC(=O)COCC(=O)OCCCCCC(=O)O)nc3ccccc3c2n1CC(C)(C)O. The summed E-state index contributed by atoms with van der Waals surface area (Å²) >= 11 is 0. The number of aliphatic carboxylic acids is 1. The van der Waals surface area contributed by atoms with Gasteiger partial charge in [0.05, 0.1) is 29.8 Å². The molecule has 0 bridgehead atoms. The highest BCUT2D eigenvalue weighted by Crippen LogP contribution is 2.31. The number of unbranched alkanes of at least 4 members (excludes halogenated alkanes) is 2. The first-order valence-corrected chi connectivity index (χ1v) is 12.9. The predicted molar refractivity (Wildman–Crippen MR) is 143 cm³/mol. The fourth-order valence-electron chi connectivity index (χ4n) is 4.01. The van der Waals surface area contributed by atoms with E-state index in [9.17, 15) is 19.5 Å². The lowest BCUT2D eigenvalue weighted by molar-refractivity contribution is -0.149. The number of nitrogens with one attached hydrogen (secondary N) is 1. The van der Waals surface area contributed by atoms with Crippen molar-refractivity contribution in [2.75, 3.05) is 31.7 Å². The lowest BCUT2D eigenvalue weighted by atomic mass is 10.1. The van der Waals surface area contributed by atoms with Crippen LogP contribution < -0.4 is 5.32 Å². The van der Waals surface area contributed by atoms with Gasteiger partial charge in [0.15, 0.2) is 5.82 Å². The molecule has 1 amide bonds. The van der Waals surface area contributed by atoms with E-state index in [2.05, 4.69) is 10.3 Å². The number of ether oxygens (including phenoxy) is 3.